The fourth-order valence-corrected chi connectivity index (χ4v) is 9.21. The number of fused-ring (bicyclic) bond motifs is 4. The second-order valence-corrected chi connectivity index (χ2v) is 15.7. The highest BCUT2D eigenvalue weighted by atomic mass is 16.7. The molecule has 0 unspecified atom stereocenters. The minimum atomic E-state index is -0.199. The molecule has 1 saturated heterocycles. The molecule has 6 aromatic rings. The second-order valence-electron chi connectivity index (χ2n) is 15.7. The van der Waals surface area contributed by atoms with E-state index in [0.717, 1.165) is 91.9 Å². The van der Waals surface area contributed by atoms with Gasteiger partial charge in [0.15, 0.2) is 11.5 Å². The third kappa shape index (κ3) is 6.55. The quantitative estimate of drug-likeness (QED) is 0.175. The zero-order valence-electron chi connectivity index (χ0n) is 32.6. The summed E-state index contributed by atoms with van der Waals surface area (Å²) < 4.78 is 21.5. The number of hydrogen-bond donors (Lipinski definition) is 1. The van der Waals surface area contributed by atoms with E-state index in [0.29, 0.717) is 53.5 Å². The summed E-state index contributed by atoms with van der Waals surface area (Å²) in [4.78, 5) is 36.7. The Hall–Kier alpha value is -6.11. The van der Waals surface area contributed by atoms with E-state index < -0.39 is 0 Å². The highest BCUT2D eigenvalue weighted by Gasteiger charge is 2.35. The third-order valence-corrected chi connectivity index (χ3v) is 12.3. The van der Waals surface area contributed by atoms with Gasteiger partial charge in [0.05, 0.1) is 41.7 Å². The molecule has 4 aliphatic rings. The molecule has 2 amide bonds. The Kier molecular flexibility index (Phi) is 9.37. The highest BCUT2D eigenvalue weighted by molar-refractivity contribution is 6.13. The monoisotopic (exact) mass is 778 g/mol. The predicted octanol–water partition coefficient (Wildman–Crippen LogP) is 7.08. The van der Waals surface area contributed by atoms with Crippen LogP contribution < -0.4 is 14.4 Å². The van der Waals surface area contributed by atoms with E-state index in [2.05, 4.69) is 37.7 Å². The van der Waals surface area contributed by atoms with Crippen molar-refractivity contribution in [3.05, 3.63) is 119 Å². The lowest BCUT2D eigenvalue weighted by atomic mass is 9.90. The number of anilines is 2. The maximum absolute atomic E-state index is 15.3. The lowest BCUT2D eigenvalue weighted by Crippen LogP contribution is -2.47. The molecule has 12 heteroatoms. The van der Waals surface area contributed by atoms with Crippen molar-refractivity contribution in [1.82, 2.24) is 24.1 Å². The number of carbonyl (C=O) groups is 2. The number of rotatable bonds is 8. The maximum Gasteiger partial charge on any atom is 0.264 e. The molecule has 12 nitrogen and oxygen atoms in total. The molecule has 2 aromatic heterocycles. The van der Waals surface area contributed by atoms with E-state index in [1.807, 2.05) is 54.2 Å². The van der Waals surface area contributed by atoms with Crippen LogP contribution in [0.3, 0.4) is 0 Å². The maximum atomic E-state index is 15.3. The second kappa shape index (κ2) is 15.0. The molecule has 58 heavy (non-hydrogen) atoms. The molecule has 6 heterocycles. The van der Waals surface area contributed by atoms with Crippen LogP contribution in [-0.4, -0.2) is 86.8 Å². The molecule has 1 atom stereocenters. The number of ether oxygens (including phenoxy) is 3. The summed E-state index contributed by atoms with van der Waals surface area (Å²) in [6.07, 6.45) is 6.02. The Morgan fingerprint density at radius 3 is 2.47 bits per heavy atom. The zero-order valence-corrected chi connectivity index (χ0v) is 32.6. The Morgan fingerprint density at radius 1 is 0.862 bits per heavy atom. The summed E-state index contributed by atoms with van der Waals surface area (Å²) in [7, 11) is 1.89. The van der Waals surface area contributed by atoms with Gasteiger partial charge < -0.3 is 28.8 Å². The Labute approximate surface area is 336 Å². The van der Waals surface area contributed by atoms with Gasteiger partial charge in [-0.15, -0.1) is 0 Å². The number of amides is 2. The van der Waals surface area contributed by atoms with Crippen molar-refractivity contribution in [3.8, 4) is 28.5 Å². The van der Waals surface area contributed by atoms with E-state index in [4.69, 9.17) is 14.2 Å². The van der Waals surface area contributed by atoms with Crippen molar-refractivity contribution in [2.45, 2.75) is 51.2 Å². The topological polar surface area (TPSA) is 115 Å². The number of benzene rings is 4. The first-order chi connectivity index (χ1) is 28.4. The molecule has 0 aliphatic carbocycles. The third-order valence-electron chi connectivity index (χ3n) is 12.3. The van der Waals surface area contributed by atoms with Crippen LogP contribution in [0, 0.1) is 0 Å². The number of aryl methyl sites for hydroxylation is 1. The number of morpholine rings is 1. The first-order valence-corrected chi connectivity index (χ1v) is 20.3. The molecule has 4 aliphatic heterocycles. The van der Waals surface area contributed by atoms with Crippen molar-refractivity contribution >= 4 is 34.1 Å². The predicted molar refractivity (Wildman–Crippen MR) is 220 cm³/mol. The van der Waals surface area contributed by atoms with E-state index in [1.165, 1.54) is 5.56 Å². The molecule has 296 valence electrons. The number of phenols is 1. The van der Waals surface area contributed by atoms with Gasteiger partial charge in [-0.3, -0.25) is 24.1 Å². The fourth-order valence-electron chi connectivity index (χ4n) is 9.21. The van der Waals surface area contributed by atoms with Crippen LogP contribution in [0.2, 0.25) is 0 Å². The molecule has 1 fully saturated rings. The molecule has 0 spiro atoms. The fraction of sp³-hybridized carbons (Fsp3) is 0.326. The van der Waals surface area contributed by atoms with Crippen molar-refractivity contribution in [2.24, 2.45) is 7.05 Å². The van der Waals surface area contributed by atoms with Crippen LogP contribution in [0.4, 0.5) is 11.4 Å². The van der Waals surface area contributed by atoms with E-state index in [-0.39, 0.29) is 30.4 Å². The van der Waals surface area contributed by atoms with Gasteiger partial charge in [-0.05, 0) is 104 Å². The number of aromatic nitrogens is 3. The largest absolute Gasteiger partial charge is 0.508 e. The van der Waals surface area contributed by atoms with Crippen molar-refractivity contribution in [2.75, 3.05) is 44.5 Å². The number of aromatic hydroxyl groups is 1. The van der Waals surface area contributed by atoms with E-state index >= 15 is 9.59 Å². The van der Waals surface area contributed by atoms with Gasteiger partial charge >= 0.3 is 0 Å². The number of phenolic OH excluding ortho intramolecular Hbond substituents is 1. The molecular formula is C46H46N6O6. The van der Waals surface area contributed by atoms with Gasteiger partial charge in [0.1, 0.15) is 5.75 Å². The summed E-state index contributed by atoms with van der Waals surface area (Å²) in [5.41, 5.74) is 8.25. The van der Waals surface area contributed by atoms with Crippen molar-refractivity contribution < 1.29 is 28.9 Å². The minimum Gasteiger partial charge on any atom is -0.508 e. The van der Waals surface area contributed by atoms with Crippen LogP contribution >= 0.6 is 0 Å². The molecule has 10 rings (SSSR count). The highest BCUT2D eigenvalue weighted by Crippen LogP contribution is 2.43. The van der Waals surface area contributed by atoms with Gasteiger partial charge in [-0.2, -0.15) is 5.10 Å². The van der Waals surface area contributed by atoms with Crippen LogP contribution in [0.5, 0.6) is 17.2 Å². The summed E-state index contributed by atoms with van der Waals surface area (Å²) in [6, 6.07) is 26.7. The van der Waals surface area contributed by atoms with Crippen LogP contribution in [0.1, 0.15) is 56.8 Å². The normalized spacial score (nSPS) is 17.6. The average Bonchev–Trinajstić information content (AvgIpc) is 3.99. The van der Waals surface area contributed by atoms with Crippen molar-refractivity contribution in [1.29, 1.82) is 0 Å². The SMILES string of the molecule is Cn1ncc2cc(N(C(=O)c3cc(-c4cc5c(cc4C(=O)N4Cc6ccccc6C[C@H]4CCN4CCOCC4)OCO5)n4c3CCCC4)c3ccc(O)cc3)ccc21. The van der Waals surface area contributed by atoms with Crippen LogP contribution in [-0.2, 0) is 37.7 Å². The molecular weight excluding hydrogens is 733 g/mol. The van der Waals surface area contributed by atoms with E-state index in [1.54, 1.807) is 35.4 Å². The molecule has 0 radical (unpaired) electrons. The summed E-state index contributed by atoms with van der Waals surface area (Å²) >= 11 is 0. The summed E-state index contributed by atoms with van der Waals surface area (Å²) in [6.45, 7) is 5.43. The van der Waals surface area contributed by atoms with Crippen LogP contribution in [0.25, 0.3) is 22.2 Å². The standard InChI is InChI=1S/C46H46N6O6/c1-48-40-14-11-35(23-32(40)27-47-48)52(33-9-12-36(53)13-10-33)46(55)39-24-42(50-16-5-4-8-41(39)50)37-25-43-44(58-29-57-43)26-38(37)45(54)51-28-31-7-3-2-6-30(31)22-34(51)15-17-49-18-20-56-21-19-49/h2-3,6-7,9-14,23-27,34,53H,4-5,8,15-22,28-29H2,1H3/t34-/m1/s1. The summed E-state index contributed by atoms with van der Waals surface area (Å²) in [5, 5.41) is 15.5. The molecule has 0 saturated carbocycles. The molecule has 1 N–H and O–H groups in total. The average molecular weight is 779 g/mol. The van der Waals surface area contributed by atoms with Gasteiger partial charge in [-0.25, -0.2) is 0 Å². The van der Waals surface area contributed by atoms with Gasteiger partial charge in [0.2, 0.25) is 6.79 Å². The Bertz CT molecular complexity index is 2540. The lowest BCUT2D eigenvalue weighted by molar-refractivity contribution is 0.0308. The zero-order chi connectivity index (χ0) is 39.3. The number of hydrogen-bond acceptors (Lipinski definition) is 8. The smallest absolute Gasteiger partial charge is 0.264 e. The van der Waals surface area contributed by atoms with Gasteiger partial charge in [0, 0.05) is 73.8 Å². The molecule has 0 bridgehead atoms. The molecule has 4 aromatic carbocycles. The minimum absolute atomic E-state index is 0.00194. The first kappa shape index (κ1) is 36.2. The first-order valence-electron chi connectivity index (χ1n) is 20.3. The van der Waals surface area contributed by atoms with Gasteiger partial charge in [-0.1, -0.05) is 24.3 Å². The Balaban J connectivity index is 1.07. The summed E-state index contributed by atoms with van der Waals surface area (Å²) in [5.74, 6) is 0.970. The van der Waals surface area contributed by atoms with Gasteiger partial charge in [0.25, 0.3) is 11.8 Å². The Morgan fingerprint density at radius 2 is 1.64 bits per heavy atom. The van der Waals surface area contributed by atoms with Crippen molar-refractivity contribution in [3.63, 3.8) is 0 Å². The lowest BCUT2D eigenvalue weighted by Gasteiger charge is -2.39. The number of carbonyl (C=O) groups excluding carboxylic acids is 2. The number of nitrogens with zero attached hydrogens (tertiary/aromatic N) is 6. The van der Waals surface area contributed by atoms with E-state index in [9.17, 15) is 5.11 Å². The van der Waals surface area contributed by atoms with Crippen LogP contribution in [0.15, 0.2) is 91.1 Å².